The second-order valence-electron chi connectivity index (χ2n) is 5.88. The van der Waals surface area contributed by atoms with Crippen LogP contribution in [0.5, 0.6) is 5.75 Å². The van der Waals surface area contributed by atoms with Crippen LogP contribution in [0.25, 0.3) is 15.3 Å². The average molecular weight is 399 g/mol. The predicted molar refractivity (Wildman–Crippen MR) is 107 cm³/mol. The van der Waals surface area contributed by atoms with Crippen LogP contribution in [-0.2, 0) is 0 Å². The van der Waals surface area contributed by atoms with E-state index in [0.29, 0.717) is 21.5 Å². The molecule has 0 bridgehead atoms. The number of nitrogens with zero attached hydrogens (tertiary/aromatic N) is 3. The molecule has 8 heteroatoms. The fourth-order valence-corrected chi connectivity index (χ4v) is 3.81. The van der Waals surface area contributed by atoms with E-state index in [1.54, 1.807) is 42.1 Å². The maximum atomic E-state index is 12.6. The van der Waals surface area contributed by atoms with E-state index in [-0.39, 0.29) is 5.91 Å². The minimum absolute atomic E-state index is 0.263. The molecule has 1 amide bonds. The minimum Gasteiger partial charge on any atom is -0.497 e. The molecular weight excluding hydrogens is 384 g/mol. The molecule has 2 aromatic carbocycles. The number of carbonyl (C=O) groups is 1. The van der Waals surface area contributed by atoms with Crippen LogP contribution in [-0.4, -0.2) is 27.8 Å². The third kappa shape index (κ3) is 3.51. The van der Waals surface area contributed by atoms with Crippen molar-refractivity contribution in [1.29, 1.82) is 0 Å². The minimum atomic E-state index is -0.263. The fourth-order valence-electron chi connectivity index (χ4n) is 2.66. The first-order chi connectivity index (χ1) is 13.0. The number of thiazole rings is 1. The number of benzene rings is 2. The number of fused-ring (bicyclic) bond motifs is 1. The number of hydrogen-bond acceptors (Lipinski definition) is 5. The lowest BCUT2D eigenvalue weighted by atomic mass is 10.2. The Morgan fingerprint density at radius 3 is 2.85 bits per heavy atom. The van der Waals surface area contributed by atoms with Crippen molar-refractivity contribution in [3.63, 3.8) is 0 Å². The molecule has 0 aliphatic heterocycles. The van der Waals surface area contributed by atoms with Crippen LogP contribution >= 0.6 is 22.9 Å². The highest BCUT2D eigenvalue weighted by Gasteiger charge is 2.16. The first kappa shape index (κ1) is 17.5. The number of aryl methyl sites for hydroxylation is 1. The first-order valence-corrected chi connectivity index (χ1v) is 9.31. The van der Waals surface area contributed by atoms with E-state index in [4.69, 9.17) is 16.3 Å². The van der Waals surface area contributed by atoms with Gasteiger partial charge in [-0.2, -0.15) is 9.78 Å². The van der Waals surface area contributed by atoms with Crippen LogP contribution in [0.4, 0.5) is 5.82 Å². The Morgan fingerprint density at radius 1 is 1.22 bits per heavy atom. The van der Waals surface area contributed by atoms with E-state index < -0.39 is 0 Å². The Balaban J connectivity index is 1.70. The number of carbonyl (C=O) groups excluding carboxylic acids is 1. The molecule has 6 nitrogen and oxygen atoms in total. The number of amides is 1. The Morgan fingerprint density at radius 2 is 2.07 bits per heavy atom. The molecule has 0 fully saturated rings. The second-order valence-corrected chi connectivity index (χ2v) is 7.32. The number of rotatable bonds is 4. The van der Waals surface area contributed by atoms with E-state index in [0.717, 1.165) is 21.7 Å². The Kier molecular flexibility index (Phi) is 4.55. The summed E-state index contributed by atoms with van der Waals surface area (Å²) in [5.74, 6) is 1.05. The number of hydrogen-bond donors (Lipinski definition) is 1. The van der Waals surface area contributed by atoms with Gasteiger partial charge in [0.2, 0.25) is 5.13 Å². The topological polar surface area (TPSA) is 69.0 Å². The number of aromatic nitrogens is 3. The number of ether oxygens (including phenoxy) is 1. The SMILES string of the molecule is COc1ccc2nc(-n3nc(C)cc3NC(=O)c3cccc(Cl)c3)sc2c1. The van der Waals surface area contributed by atoms with Gasteiger partial charge in [0.05, 0.1) is 23.0 Å². The molecule has 0 aliphatic carbocycles. The second kappa shape index (κ2) is 7.02. The lowest BCUT2D eigenvalue weighted by molar-refractivity contribution is 0.102. The highest BCUT2D eigenvalue weighted by Crippen LogP contribution is 2.30. The van der Waals surface area contributed by atoms with Crippen molar-refractivity contribution >= 4 is 44.9 Å². The smallest absolute Gasteiger partial charge is 0.256 e. The molecule has 0 saturated heterocycles. The van der Waals surface area contributed by atoms with Crippen LogP contribution in [0.15, 0.2) is 48.5 Å². The molecule has 136 valence electrons. The largest absolute Gasteiger partial charge is 0.497 e. The van der Waals surface area contributed by atoms with E-state index >= 15 is 0 Å². The molecular formula is C19H15ClN4O2S. The molecule has 2 aromatic heterocycles. The van der Waals surface area contributed by atoms with Gasteiger partial charge in [-0.05, 0) is 43.3 Å². The summed E-state index contributed by atoms with van der Waals surface area (Å²) in [6.45, 7) is 1.86. The Hall–Kier alpha value is -2.90. The van der Waals surface area contributed by atoms with Gasteiger partial charge in [-0.25, -0.2) is 4.98 Å². The summed E-state index contributed by atoms with van der Waals surface area (Å²) in [6, 6.07) is 14.3. The van der Waals surface area contributed by atoms with Crippen molar-refractivity contribution in [1.82, 2.24) is 14.8 Å². The van der Waals surface area contributed by atoms with Crippen LogP contribution < -0.4 is 10.1 Å². The molecule has 4 aromatic rings. The van der Waals surface area contributed by atoms with Crippen molar-refractivity contribution in [2.75, 3.05) is 12.4 Å². The van der Waals surface area contributed by atoms with Crippen molar-refractivity contribution in [2.24, 2.45) is 0 Å². The van der Waals surface area contributed by atoms with Gasteiger partial charge in [0.1, 0.15) is 11.6 Å². The quantitative estimate of drug-likeness (QED) is 0.540. The molecule has 0 radical (unpaired) electrons. The van der Waals surface area contributed by atoms with Crippen LogP contribution in [0.2, 0.25) is 5.02 Å². The highest BCUT2D eigenvalue weighted by molar-refractivity contribution is 7.20. The van der Waals surface area contributed by atoms with Gasteiger partial charge >= 0.3 is 0 Å². The van der Waals surface area contributed by atoms with Crippen molar-refractivity contribution < 1.29 is 9.53 Å². The molecule has 4 rings (SSSR count). The molecule has 0 spiro atoms. The Bertz CT molecular complexity index is 1150. The number of anilines is 1. The molecule has 27 heavy (non-hydrogen) atoms. The molecule has 0 saturated carbocycles. The molecule has 1 N–H and O–H groups in total. The fraction of sp³-hybridized carbons (Fsp3) is 0.105. The average Bonchev–Trinajstić information content (AvgIpc) is 3.23. The lowest BCUT2D eigenvalue weighted by Crippen LogP contribution is -2.15. The van der Waals surface area contributed by atoms with E-state index in [9.17, 15) is 4.79 Å². The number of halogens is 1. The molecule has 0 unspecified atom stereocenters. The number of methoxy groups -OCH3 is 1. The zero-order valence-electron chi connectivity index (χ0n) is 14.6. The van der Waals surface area contributed by atoms with Gasteiger partial charge < -0.3 is 10.1 Å². The van der Waals surface area contributed by atoms with Gasteiger partial charge in [0.25, 0.3) is 5.91 Å². The summed E-state index contributed by atoms with van der Waals surface area (Å²) in [4.78, 5) is 17.2. The van der Waals surface area contributed by atoms with Gasteiger partial charge in [0.15, 0.2) is 0 Å². The third-order valence-electron chi connectivity index (χ3n) is 3.93. The summed E-state index contributed by atoms with van der Waals surface area (Å²) in [5.41, 5.74) is 2.09. The van der Waals surface area contributed by atoms with Crippen molar-refractivity contribution in [3.05, 3.63) is 64.8 Å². The van der Waals surface area contributed by atoms with Crippen LogP contribution in [0.3, 0.4) is 0 Å². The standard InChI is InChI=1S/C19H15ClN4O2S/c1-11-8-17(22-18(25)12-4-3-5-13(20)9-12)24(23-11)19-21-15-7-6-14(26-2)10-16(15)27-19/h3-10H,1-2H3,(H,22,25). The zero-order chi connectivity index (χ0) is 19.0. The maximum Gasteiger partial charge on any atom is 0.256 e. The van der Waals surface area contributed by atoms with E-state index in [1.165, 1.54) is 11.3 Å². The monoisotopic (exact) mass is 398 g/mol. The molecule has 2 heterocycles. The van der Waals surface area contributed by atoms with Gasteiger partial charge in [0, 0.05) is 16.7 Å². The maximum absolute atomic E-state index is 12.6. The van der Waals surface area contributed by atoms with E-state index in [1.807, 2.05) is 25.1 Å². The number of nitrogens with one attached hydrogen (secondary N) is 1. The van der Waals surface area contributed by atoms with Gasteiger partial charge in [-0.1, -0.05) is 29.0 Å². The predicted octanol–water partition coefficient (Wildman–Crippen LogP) is 4.70. The molecule has 0 aliphatic rings. The normalized spacial score (nSPS) is 10.9. The summed E-state index contributed by atoms with van der Waals surface area (Å²) in [7, 11) is 1.63. The summed E-state index contributed by atoms with van der Waals surface area (Å²) in [5, 5.41) is 8.53. The molecule has 0 atom stereocenters. The van der Waals surface area contributed by atoms with Gasteiger partial charge in [-0.15, -0.1) is 0 Å². The first-order valence-electron chi connectivity index (χ1n) is 8.12. The van der Waals surface area contributed by atoms with Crippen LogP contribution in [0.1, 0.15) is 16.1 Å². The van der Waals surface area contributed by atoms with Crippen molar-refractivity contribution in [2.45, 2.75) is 6.92 Å². The third-order valence-corrected chi connectivity index (χ3v) is 5.15. The highest BCUT2D eigenvalue weighted by atomic mass is 35.5. The Labute approximate surface area is 164 Å². The summed E-state index contributed by atoms with van der Waals surface area (Å²) >= 11 is 7.45. The van der Waals surface area contributed by atoms with E-state index in [2.05, 4.69) is 15.4 Å². The van der Waals surface area contributed by atoms with Crippen molar-refractivity contribution in [3.8, 4) is 10.9 Å². The summed E-state index contributed by atoms with van der Waals surface area (Å²) in [6.07, 6.45) is 0. The zero-order valence-corrected chi connectivity index (χ0v) is 16.1. The lowest BCUT2D eigenvalue weighted by Gasteiger charge is -2.06. The summed E-state index contributed by atoms with van der Waals surface area (Å²) < 4.78 is 7.88. The van der Waals surface area contributed by atoms with Gasteiger partial charge in [-0.3, -0.25) is 4.79 Å². The van der Waals surface area contributed by atoms with Crippen LogP contribution in [0, 0.1) is 6.92 Å².